The van der Waals surface area contributed by atoms with E-state index in [-0.39, 0.29) is 11.7 Å². The summed E-state index contributed by atoms with van der Waals surface area (Å²) in [6, 6.07) is 6.67. The molecule has 0 unspecified atom stereocenters. The second-order valence-corrected chi connectivity index (χ2v) is 3.14. The average Bonchev–Trinajstić information content (AvgIpc) is 2.18. The lowest BCUT2D eigenvalue weighted by Crippen LogP contribution is -2.12. The molecule has 0 aliphatic carbocycles. The van der Waals surface area contributed by atoms with E-state index < -0.39 is 5.97 Å². The molecule has 3 heteroatoms. The Morgan fingerprint density at radius 2 is 2.14 bits per heavy atom. The normalized spacial score (nSPS) is 12.1. The van der Waals surface area contributed by atoms with E-state index in [4.69, 9.17) is 9.84 Å². The highest BCUT2D eigenvalue weighted by atomic mass is 16.5. The van der Waals surface area contributed by atoms with Gasteiger partial charge in [-0.3, -0.25) is 0 Å². The molecule has 0 aliphatic heterocycles. The molecule has 1 atom stereocenters. The third-order valence-electron chi connectivity index (χ3n) is 2.02. The van der Waals surface area contributed by atoms with Crippen LogP contribution in [0, 0.1) is 0 Å². The van der Waals surface area contributed by atoms with Crippen molar-refractivity contribution in [2.75, 3.05) is 0 Å². The molecule has 0 heterocycles. The summed E-state index contributed by atoms with van der Waals surface area (Å²) in [6.45, 7) is 3.91. The summed E-state index contributed by atoms with van der Waals surface area (Å²) < 4.78 is 5.48. The second-order valence-electron chi connectivity index (χ2n) is 3.14. The topological polar surface area (TPSA) is 46.5 Å². The Morgan fingerprint density at radius 3 is 2.71 bits per heavy atom. The van der Waals surface area contributed by atoms with Gasteiger partial charge in [0.15, 0.2) is 0 Å². The molecule has 14 heavy (non-hydrogen) atoms. The molecular formula is C11H14O3. The number of para-hydroxylation sites is 1. The lowest BCUT2D eigenvalue weighted by Gasteiger charge is -2.13. The Hall–Kier alpha value is -1.51. The molecule has 0 aromatic heterocycles. The molecule has 1 rings (SSSR count). The van der Waals surface area contributed by atoms with Gasteiger partial charge in [-0.15, -0.1) is 0 Å². The van der Waals surface area contributed by atoms with Gasteiger partial charge in [0.25, 0.3) is 0 Å². The molecule has 0 saturated carbocycles. The largest absolute Gasteiger partial charge is 0.490 e. The van der Waals surface area contributed by atoms with Crippen LogP contribution in [0.1, 0.15) is 30.6 Å². The monoisotopic (exact) mass is 194 g/mol. The highest BCUT2D eigenvalue weighted by Crippen LogP contribution is 2.19. The van der Waals surface area contributed by atoms with Crippen molar-refractivity contribution in [3.05, 3.63) is 29.8 Å². The number of hydrogen-bond donors (Lipinski definition) is 1. The van der Waals surface area contributed by atoms with E-state index in [0.29, 0.717) is 5.75 Å². The number of ether oxygens (including phenoxy) is 1. The van der Waals surface area contributed by atoms with E-state index in [1.807, 2.05) is 13.8 Å². The van der Waals surface area contributed by atoms with Gasteiger partial charge in [-0.25, -0.2) is 4.79 Å². The summed E-state index contributed by atoms with van der Waals surface area (Å²) in [5.41, 5.74) is 0.216. The molecule has 1 aromatic rings. The summed E-state index contributed by atoms with van der Waals surface area (Å²) in [4.78, 5) is 10.8. The summed E-state index contributed by atoms with van der Waals surface area (Å²) >= 11 is 0. The van der Waals surface area contributed by atoms with Crippen LogP contribution in [0.15, 0.2) is 24.3 Å². The first kappa shape index (κ1) is 10.6. The summed E-state index contributed by atoms with van der Waals surface area (Å²) in [6.07, 6.45) is 0.893. The van der Waals surface area contributed by atoms with Crippen LogP contribution in [0.25, 0.3) is 0 Å². The van der Waals surface area contributed by atoms with Gasteiger partial charge >= 0.3 is 5.97 Å². The standard InChI is InChI=1S/C11H14O3/c1-3-8(2)14-10-7-5-4-6-9(10)11(12)13/h4-8H,3H2,1-2H3,(H,12,13)/t8-/m0/s1. The minimum Gasteiger partial charge on any atom is -0.490 e. The summed E-state index contributed by atoms with van der Waals surface area (Å²) in [5, 5.41) is 8.87. The van der Waals surface area contributed by atoms with Crippen molar-refractivity contribution >= 4 is 5.97 Å². The maximum absolute atomic E-state index is 10.8. The third kappa shape index (κ3) is 2.49. The molecule has 3 nitrogen and oxygen atoms in total. The smallest absolute Gasteiger partial charge is 0.339 e. The van der Waals surface area contributed by atoms with Crippen LogP contribution in [-0.2, 0) is 0 Å². The van der Waals surface area contributed by atoms with Gasteiger partial charge in [-0.05, 0) is 25.5 Å². The fraction of sp³-hybridized carbons (Fsp3) is 0.364. The van der Waals surface area contributed by atoms with Crippen molar-refractivity contribution in [1.82, 2.24) is 0 Å². The molecular weight excluding hydrogens is 180 g/mol. The van der Waals surface area contributed by atoms with E-state index in [1.54, 1.807) is 24.3 Å². The Kier molecular flexibility index (Phi) is 3.51. The minimum absolute atomic E-state index is 0.0375. The van der Waals surface area contributed by atoms with Gasteiger partial charge in [-0.1, -0.05) is 19.1 Å². The first-order chi connectivity index (χ1) is 6.65. The molecule has 1 N–H and O–H groups in total. The maximum Gasteiger partial charge on any atom is 0.339 e. The Balaban J connectivity index is 2.90. The highest BCUT2D eigenvalue weighted by Gasteiger charge is 2.11. The zero-order chi connectivity index (χ0) is 10.6. The van der Waals surface area contributed by atoms with E-state index in [0.717, 1.165) is 6.42 Å². The van der Waals surface area contributed by atoms with Crippen LogP contribution in [0.3, 0.4) is 0 Å². The highest BCUT2D eigenvalue weighted by molar-refractivity contribution is 5.90. The number of hydrogen-bond acceptors (Lipinski definition) is 2. The van der Waals surface area contributed by atoms with Crippen LogP contribution in [0.4, 0.5) is 0 Å². The third-order valence-corrected chi connectivity index (χ3v) is 2.02. The Labute approximate surface area is 83.3 Å². The molecule has 1 aromatic carbocycles. The minimum atomic E-state index is -0.955. The van der Waals surface area contributed by atoms with Crippen LogP contribution >= 0.6 is 0 Å². The Morgan fingerprint density at radius 1 is 1.50 bits per heavy atom. The predicted octanol–water partition coefficient (Wildman–Crippen LogP) is 2.56. The van der Waals surface area contributed by atoms with Crippen molar-refractivity contribution in [1.29, 1.82) is 0 Å². The van der Waals surface area contributed by atoms with Crippen molar-refractivity contribution in [2.24, 2.45) is 0 Å². The zero-order valence-corrected chi connectivity index (χ0v) is 8.36. The van der Waals surface area contributed by atoms with E-state index in [1.165, 1.54) is 0 Å². The molecule has 0 radical (unpaired) electrons. The first-order valence-electron chi connectivity index (χ1n) is 4.64. The SMILES string of the molecule is CC[C@H](C)Oc1ccccc1C(=O)O. The molecule has 0 saturated heterocycles. The first-order valence-corrected chi connectivity index (χ1v) is 4.64. The van der Waals surface area contributed by atoms with Crippen LogP contribution < -0.4 is 4.74 Å². The van der Waals surface area contributed by atoms with Gasteiger partial charge < -0.3 is 9.84 Å². The van der Waals surface area contributed by atoms with Crippen LogP contribution in [0.2, 0.25) is 0 Å². The van der Waals surface area contributed by atoms with Gasteiger partial charge in [0, 0.05) is 0 Å². The van der Waals surface area contributed by atoms with E-state index >= 15 is 0 Å². The number of carboxylic acids is 1. The van der Waals surface area contributed by atoms with Crippen molar-refractivity contribution in [3.63, 3.8) is 0 Å². The molecule has 0 amide bonds. The Bertz CT molecular complexity index is 320. The maximum atomic E-state index is 10.8. The fourth-order valence-electron chi connectivity index (χ4n) is 1.05. The average molecular weight is 194 g/mol. The van der Waals surface area contributed by atoms with Gasteiger partial charge in [-0.2, -0.15) is 0 Å². The number of carbonyl (C=O) groups is 1. The molecule has 0 spiro atoms. The van der Waals surface area contributed by atoms with Gasteiger partial charge in [0.05, 0.1) is 6.10 Å². The van der Waals surface area contributed by atoms with Gasteiger partial charge in [0.2, 0.25) is 0 Å². The van der Waals surface area contributed by atoms with Crippen LogP contribution in [0.5, 0.6) is 5.75 Å². The number of rotatable bonds is 4. The van der Waals surface area contributed by atoms with E-state index in [9.17, 15) is 4.79 Å². The molecule has 0 bridgehead atoms. The van der Waals surface area contributed by atoms with E-state index in [2.05, 4.69) is 0 Å². The summed E-state index contributed by atoms with van der Waals surface area (Å²) in [7, 11) is 0. The number of benzene rings is 1. The summed E-state index contributed by atoms with van der Waals surface area (Å²) in [5.74, 6) is -0.516. The molecule has 76 valence electrons. The van der Waals surface area contributed by atoms with Crippen molar-refractivity contribution in [2.45, 2.75) is 26.4 Å². The molecule has 0 fully saturated rings. The lowest BCUT2D eigenvalue weighted by atomic mass is 10.2. The lowest BCUT2D eigenvalue weighted by molar-refractivity contribution is 0.0689. The number of carboxylic acid groups (broad SMARTS) is 1. The van der Waals surface area contributed by atoms with Gasteiger partial charge in [0.1, 0.15) is 11.3 Å². The zero-order valence-electron chi connectivity index (χ0n) is 8.36. The van der Waals surface area contributed by atoms with Crippen molar-refractivity contribution < 1.29 is 14.6 Å². The quantitative estimate of drug-likeness (QED) is 0.801. The second kappa shape index (κ2) is 4.65. The fourth-order valence-corrected chi connectivity index (χ4v) is 1.05. The van der Waals surface area contributed by atoms with Crippen molar-refractivity contribution in [3.8, 4) is 5.75 Å². The number of aromatic carboxylic acids is 1. The molecule has 0 aliphatic rings. The van der Waals surface area contributed by atoms with Crippen LogP contribution in [-0.4, -0.2) is 17.2 Å². The predicted molar refractivity (Wildman–Crippen MR) is 53.8 cm³/mol.